The second kappa shape index (κ2) is 12.1. The Balaban J connectivity index is 0.00000261. The average molecular weight is 511 g/mol. The fourth-order valence-electron chi connectivity index (χ4n) is 4.57. The van der Waals surface area contributed by atoms with Crippen molar-refractivity contribution in [3.05, 3.63) is 0 Å². The molecule has 0 atom stereocenters. The van der Waals surface area contributed by atoms with E-state index in [0.29, 0.717) is 4.75 Å². The molecule has 1 spiro atoms. The van der Waals surface area contributed by atoms with Gasteiger partial charge in [0.25, 0.3) is 0 Å². The van der Waals surface area contributed by atoms with Crippen LogP contribution in [0.25, 0.3) is 0 Å². The summed E-state index contributed by atoms with van der Waals surface area (Å²) in [4.78, 5) is 9.97. The van der Waals surface area contributed by atoms with Crippen LogP contribution in [0.5, 0.6) is 0 Å². The molecule has 5 nitrogen and oxygen atoms in total. The summed E-state index contributed by atoms with van der Waals surface area (Å²) in [6.07, 6.45) is 9.89. The minimum Gasteiger partial charge on any atom is -0.393 e. The van der Waals surface area contributed by atoms with Crippen molar-refractivity contribution < 1.29 is 5.11 Å². The van der Waals surface area contributed by atoms with Gasteiger partial charge in [0.15, 0.2) is 5.96 Å². The first-order chi connectivity index (χ1) is 12.7. The summed E-state index contributed by atoms with van der Waals surface area (Å²) in [6, 6.07) is 0. The summed E-state index contributed by atoms with van der Waals surface area (Å²) >= 11 is 2.22. The zero-order valence-electron chi connectivity index (χ0n) is 17.0. The lowest BCUT2D eigenvalue weighted by Crippen LogP contribution is -2.53. The highest BCUT2D eigenvalue weighted by Crippen LogP contribution is 2.42. The Morgan fingerprint density at radius 3 is 2.63 bits per heavy atom. The first-order valence-electron chi connectivity index (χ1n) is 10.8. The highest BCUT2D eigenvalue weighted by Gasteiger charge is 2.38. The summed E-state index contributed by atoms with van der Waals surface area (Å²) in [6.45, 7) is 9.50. The van der Waals surface area contributed by atoms with Crippen molar-refractivity contribution in [1.29, 1.82) is 0 Å². The molecule has 3 fully saturated rings. The van der Waals surface area contributed by atoms with Crippen LogP contribution in [0.3, 0.4) is 0 Å². The van der Waals surface area contributed by atoms with Gasteiger partial charge in [0.05, 0.1) is 6.10 Å². The number of aliphatic hydroxyl groups excluding tert-OH is 1. The molecule has 27 heavy (non-hydrogen) atoms. The number of hydrogen-bond acceptors (Lipinski definition) is 4. The van der Waals surface area contributed by atoms with Crippen molar-refractivity contribution in [2.75, 3.05) is 51.6 Å². The van der Waals surface area contributed by atoms with Crippen molar-refractivity contribution in [3.63, 3.8) is 0 Å². The van der Waals surface area contributed by atoms with Gasteiger partial charge in [-0.05, 0) is 45.6 Å². The average Bonchev–Trinajstić information content (AvgIpc) is 2.66. The van der Waals surface area contributed by atoms with E-state index >= 15 is 0 Å². The molecule has 2 saturated heterocycles. The van der Waals surface area contributed by atoms with Crippen molar-refractivity contribution in [1.82, 2.24) is 15.1 Å². The van der Waals surface area contributed by atoms with E-state index in [1.807, 2.05) is 0 Å². The van der Waals surface area contributed by atoms with Crippen molar-refractivity contribution in [3.8, 4) is 0 Å². The van der Waals surface area contributed by atoms with Crippen LogP contribution < -0.4 is 5.32 Å². The molecule has 0 radical (unpaired) electrons. The minimum absolute atomic E-state index is 0. The van der Waals surface area contributed by atoms with Gasteiger partial charge in [-0.15, -0.1) is 24.0 Å². The molecule has 3 rings (SSSR count). The van der Waals surface area contributed by atoms with Gasteiger partial charge >= 0.3 is 0 Å². The number of likely N-dealkylation sites (tertiary alicyclic amines) is 1. The number of hydrogen-bond donors (Lipinski definition) is 2. The fraction of sp³-hybridized carbons (Fsp3) is 0.950. The number of nitrogens with one attached hydrogen (secondary N) is 1. The van der Waals surface area contributed by atoms with Crippen LogP contribution in [-0.2, 0) is 0 Å². The highest BCUT2D eigenvalue weighted by molar-refractivity contribution is 14.0. The Kier molecular flexibility index (Phi) is 10.5. The van der Waals surface area contributed by atoms with E-state index in [2.05, 4.69) is 33.8 Å². The molecule has 0 amide bonds. The third kappa shape index (κ3) is 7.23. The second-order valence-electron chi connectivity index (χ2n) is 8.18. The molecule has 158 valence electrons. The quantitative estimate of drug-likeness (QED) is 0.258. The maximum atomic E-state index is 9.62. The van der Waals surface area contributed by atoms with E-state index in [-0.39, 0.29) is 30.1 Å². The summed E-state index contributed by atoms with van der Waals surface area (Å²) in [5.41, 5.74) is 0. The number of thioether (sulfide) groups is 1. The maximum Gasteiger partial charge on any atom is 0.193 e. The molecule has 2 N–H and O–H groups in total. The molecule has 1 saturated carbocycles. The Labute approximate surface area is 187 Å². The first-order valence-corrected chi connectivity index (χ1v) is 11.8. The first kappa shape index (κ1) is 23.5. The third-order valence-electron chi connectivity index (χ3n) is 6.10. The standard InChI is InChI=1S/C20H38N4OS.HI/c1-2-21-19(22-11-6-12-23-13-7-18(25)8-14-23)24-15-16-26-20(17-24)9-4-3-5-10-20;/h18,25H,2-17H2,1H3,(H,21,22);1H. The summed E-state index contributed by atoms with van der Waals surface area (Å²) in [5.74, 6) is 2.37. The topological polar surface area (TPSA) is 51.1 Å². The Bertz CT molecular complexity index is 446. The van der Waals surface area contributed by atoms with E-state index in [9.17, 15) is 5.11 Å². The fourth-order valence-corrected chi connectivity index (χ4v) is 6.14. The number of aliphatic hydroxyl groups is 1. The molecular formula is C20H39IN4OS. The molecule has 1 aliphatic carbocycles. The molecule has 0 unspecified atom stereocenters. The lowest BCUT2D eigenvalue weighted by atomic mass is 9.87. The lowest BCUT2D eigenvalue weighted by Gasteiger charge is -2.45. The summed E-state index contributed by atoms with van der Waals surface area (Å²) < 4.78 is 0.487. The molecular weight excluding hydrogens is 471 g/mol. The summed E-state index contributed by atoms with van der Waals surface area (Å²) in [7, 11) is 0. The Hall–Kier alpha value is 0.270. The molecule has 3 aliphatic rings. The van der Waals surface area contributed by atoms with Crippen LogP contribution in [0.1, 0.15) is 58.3 Å². The van der Waals surface area contributed by atoms with E-state index in [1.54, 1.807) is 0 Å². The van der Waals surface area contributed by atoms with Crippen molar-refractivity contribution in [2.24, 2.45) is 4.99 Å². The SMILES string of the molecule is CCNC(=NCCCN1CCC(O)CC1)N1CCSC2(CCCCC2)C1.I. The zero-order valence-corrected chi connectivity index (χ0v) is 20.1. The van der Waals surface area contributed by atoms with Gasteiger partial charge in [-0.2, -0.15) is 11.8 Å². The van der Waals surface area contributed by atoms with Gasteiger partial charge in [-0.3, -0.25) is 4.99 Å². The number of guanidine groups is 1. The number of nitrogens with zero attached hydrogens (tertiary/aromatic N) is 3. The van der Waals surface area contributed by atoms with Gasteiger partial charge < -0.3 is 20.2 Å². The van der Waals surface area contributed by atoms with Gasteiger partial charge in [0.2, 0.25) is 0 Å². The normalized spacial score (nSPS) is 24.7. The summed E-state index contributed by atoms with van der Waals surface area (Å²) in [5, 5.41) is 13.2. The van der Waals surface area contributed by atoms with Crippen molar-refractivity contribution >= 4 is 41.7 Å². The van der Waals surface area contributed by atoms with E-state index in [0.717, 1.165) is 64.5 Å². The van der Waals surface area contributed by atoms with Crippen LogP contribution in [0.15, 0.2) is 4.99 Å². The predicted octanol–water partition coefficient (Wildman–Crippen LogP) is 3.17. The zero-order chi connectivity index (χ0) is 18.2. The number of piperidine rings is 1. The highest BCUT2D eigenvalue weighted by atomic mass is 127. The van der Waals surface area contributed by atoms with Crippen LogP contribution in [-0.4, -0.2) is 83.3 Å². The van der Waals surface area contributed by atoms with E-state index < -0.39 is 0 Å². The van der Waals surface area contributed by atoms with Crippen LogP contribution in [0, 0.1) is 0 Å². The molecule has 0 bridgehead atoms. The molecule has 7 heteroatoms. The predicted molar refractivity (Wildman–Crippen MR) is 128 cm³/mol. The van der Waals surface area contributed by atoms with Gasteiger partial charge in [0, 0.05) is 49.8 Å². The number of rotatable bonds is 5. The van der Waals surface area contributed by atoms with Crippen LogP contribution >= 0.6 is 35.7 Å². The van der Waals surface area contributed by atoms with Gasteiger partial charge in [-0.1, -0.05) is 19.3 Å². The maximum absolute atomic E-state index is 9.62. The molecule has 2 heterocycles. The van der Waals surface area contributed by atoms with E-state index in [4.69, 9.17) is 4.99 Å². The number of halogens is 1. The van der Waals surface area contributed by atoms with E-state index in [1.165, 1.54) is 44.4 Å². The molecule has 0 aromatic heterocycles. The second-order valence-corrected chi connectivity index (χ2v) is 9.74. The minimum atomic E-state index is -0.0753. The molecule has 0 aromatic rings. The molecule has 0 aromatic carbocycles. The third-order valence-corrected chi connectivity index (χ3v) is 7.64. The monoisotopic (exact) mass is 510 g/mol. The lowest BCUT2D eigenvalue weighted by molar-refractivity contribution is 0.0824. The van der Waals surface area contributed by atoms with Crippen molar-refractivity contribution in [2.45, 2.75) is 69.1 Å². The molecule has 2 aliphatic heterocycles. The van der Waals surface area contributed by atoms with Gasteiger partial charge in [-0.25, -0.2) is 0 Å². The van der Waals surface area contributed by atoms with Crippen LogP contribution in [0.2, 0.25) is 0 Å². The number of aliphatic imine (C=N–C) groups is 1. The smallest absolute Gasteiger partial charge is 0.193 e. The van der Waals surface area contributed by atoms with Crippen LogP contribution in [0.4, 0.5) is 0 Å². The van der Waals surface area contributed by atoms with Gasteiger partial charge in [0.1, 0.15) is 0 Å². The Morgan fingerprint density at radius 2 is 1.93 bits per heavy atom. The Morgan fingerprint density at radius 1 is 1.19 bits per heavy atom. The largest absolute Gasteiger partial charge is 0.393 e.